The van der Waals surface area contributed by atoms with E-state index in [4.69, 9.17) is 4.74 Å². The number of carbonyl (C=O) groups excluding carboxylic acids is 1. The third kappa shape index (κ3) is 2.19. The maximum atomic E-state index is 14.1. The molecule has 0 bridgehead atoms. The Kier molecular flexibility index (Phi) is 3.41. The fourth-order valence-corrected chi connectivity index (χ4v) is 4.81. The molecule has 3 fully saturated rings. The quantitative estimate of drug-likeness (QED) is 0.417. The monoisotopic (exact) mass is 395 g/mol. The number of rotatable bonds is 3. The van der Waals surface area contributed by atoms with E-state index in [1.54, 1.807) is 0 Å². The zero-order chi connectivity index (χ0) is 14.8. The second kappa shape index (κ2) is 4.54. The number of alkyl halides is 2. The molecule has 2 aliphatic heterocycles. The third-order valence-electron chi connectivity index (χ3n) is 5.03. The Balaban J connectivity index is 1.92. The second-order valence-corrected chi connectivity index (χ2v) is 8.68. The van der Waals surface area contributed by atoms with Gasteiger partial charge in [0, 0.05) is 22.8 Å². The molecule has 20 heavy (non-hydrogen) atoms. The summed E-state index contributed by atoms with van der Waals surface area (Å²) < 4.78 is 20.8. The number of nitrogens with zero attached hydrogens (tertiary/aromatic N) is 1. The van der Waals surface area contributed by atoms with Gasteiger partial charge in [0.1, 0.15) is 11.7 Å². The van der Waals surface area contributed by atoms with Gasteiger partial charge in [0.25, 0.3) is 0 Å². The highest BCUT2D eigenvalue weighted by molar-refractivity contribution is 14.1. The van der Waals surface area contributed by atoms with Gasteiger partial charge in [-0.3, -0.25) is 0 Å². The van der Waals surface area contributed by atoms with Gasteiger partial charge in [0.05, 0.1) is 0 Å². The molecule has 2 saturated heterocycles. The maximum Gasteiger partial charge on any atom is 0.328 e. The predicted molar refractivity (Wildman–Crippen MR) is 83.5 cm³/mol. The fourth-order valence-electron chi connectivity index (χ4n) is 3.78. The molecule has 0 unspecified atom stereocenters. The van der Waals surface area contributed by atoms with Crippen molar-refractivity contribution in [1.29, 1.82) is 0 Å². The van der Waals surface area contributed by atoms with Crippen LogP contribution in [0.25, 0.3) is 0 Å². The first kappa shape index (κ1) is 15.0. The molecule has 1 aliphatic carbocycles. The van der Waals surface area contributed by atoms with Crippen LogP contribution in [0, 0.1) is 10.8 Å². The summed E-state index contributed by atoms with van der Waals surface area (Å²) in [4.78, 5) is 14.6. The summed E-state index contributed by atoms with van der Waals surface area (Å²) in [6, 6.07) is 0. The van der Waals surface area contributed by atoms with Crippen molar-refractivity contribution in [3.63, 3.8) is 0 Å². The van der Waals surface area contributed by atoms with Crippen LogP contribution in [-0.4, -0.2) is 39.8 Å². The Morgan fingerprint density at radius 2 is 2.10 bits per heavy atom. The molecular weight excluding hydrogens is 372 g/mol. The van der Waals surface area contributed by atoms with Gasteiger partial charge in [-0.2, -0.15) is 0 Å². The van der Waals surface area contributed by atoms with Gasteiger partial charge in [-0.05, 0) is 24.7 Å². The molecule has 0 N–H and O–H groups in total. The van der Waals surface area contributed by atoms with E-state index in [1.165, 1.54) is 0 Å². The number of fused-ring (bicyclic) bond motifs is 1. The van der Waals surface area contributed by atoms with Gasteiger partial charge in [0.15, 0.2) is 6.23 Å². The SMILES string of the molecule is CC(C)(C)[C@H]1OC(=O)[C@]2(CC3(CI)CC3)C[C@@H](F)CN12. The van der Waals surface area contributed by atoms with E-state index in [0.717, 1.165) is 23.7 Å². The Hall–Kier alpha value is 0.0900. The van der Waals surface area contributed by atoms with Gasteiger partial charge in [-0.1, -0.05) is 43.4 Å². The summed E-state index contributed by atoms with van der Waals surface area (Å²) in [6.45, 7) is 6.50. The topological polar surface area (TPSA) is 29.5 Å². The van der Waals surface area contributed by atoms with E-state index in [1.807, 2.05) is 4.90 Å². The largest absolute Gasteiger partial charge is 0.444 e. The summed E-state index contributed by atoms with van der Waals surface area (Å²) in [5.74, 6) is -0.186. The van der Waals surface area contributed by atoms with Crippen LogP contribution in [0.3, 0.4) is 0 Å². The highest BCUT2D eigenvalue weighted by Crippen LogP contribution is 2.58. The van der Waals surface area contributed by atoms with Crippen molar-refractivity contribution >= 4 is 28.6 Å². The van der Waals surface area contributed by atoms with Gasteiger partial charge >= 0.3 is 5.97 Å². The molecule has 0 aromatic carbocycles. The van der Waals surface area contributed by atoms with Crippen LogP contribution in [-0.2, 0) is 9.53 Å². The average Bonchev–Trinajstić information content (AvgIpc) is 2.95. The summed E-state index contributed by atoms with van der Waals surface area (Å²) in [7, 11) is 0. The molecule has 0 aromatic heterocycles. The van der Waals surface area contributed by atoms with Crippen molar-refractivity contribution in [2.75, 3.05) is 11.0 Å². The molecule has 2 heterocycles. The van der Waals surface area contributed by atoms with Crippen molar-refractivity contribution in [3.05, 3.63) is 0 Å². The number of cyclic esters (lactones) is 1. The van der Waals surface area contributed by atoms with E-state index in [9.17, 15) is 9.18 Å². The molecule has 3 nitrogen and oxygen atoms in total. The molecule has 3 rings (SSSR count). The lowest BCUT2D eigenvalue weighted by Crippen LogP contribution is -2.50. The van der Waals surface area contributed by atoms with E-state index < -0.39 is 11.7 Å². The Labute approximate surface area is 133 Å². The number of hydrogen-bond donors (Lipinski definition) is 0. The van der Waals surface area contributed by atoms with Crippen LogP contribution in [0.5, 0.6) is 0 Å². The molecule has 0 amide bonds. The van der Waals surface area contributed by atoms with E-state index in [0.29, 0.717) is 13.0 Å². The molecule has 3 atom stereocenters. The van der Waals surface area contributed by atoms with Crippen LogP contribution in [0.2, 0.25) is 0 Å². The molecule has 3 aliphatic rings. The van der Waals surface area contributed by atoms with Crippen molar-refractivity contribution in [3.8, 4) is 0 Å². The maximum absolute atomic E-state index is 14.1. The third-order valence-corrected chi connectivity index (χ3v) is 6.65. The number of ether oxygens (including phenoxy) is 1. The zero-order valence-electron chi connectivity index (χ0n) is 12.4. The highest BCUT2D eigenvalue weighted by Gasteiger charge is 2.66. The first-order chi connectivity index (χ1) is 9.22. The summed E-state index contributed by atoms with van der Waals surface area (Å²) >= 11 is 2.40. The van der Waals surface area contributed by atoms with Gasteiger partial charge < -0.3 is 4.74 Å². The van der Waals surface area contributed by atoms with Crippen molar-refractivity contribution in [2.24, 2.45) is 10.8 Å². The standard InChI is InChI=1S/C15H23FINO2/c1-13(2,3)11-18-7-10(16)6-15(18,12(19)20-11)8-14(9-17)4-5-14/h10-11H,4-9H2,1-3H3/t10-,11-,15-/m1/s1. The van der Waals surface area contributed by atoms with Crippen LogP contribution < -0.4 is 0 Å². The average molecular weight is 395 g/mol. The van der Waals surface area contributed by atoms with Crippen molar-refractivity contribution in [1.82, 2.24) is 4.90 Å². The summed E-state index contributed by atoms with van der Waals surface area (Å²) in [5, 5.41) is 0. The van der Waals surface area contributed by atoms with Crippen LogP contribution in [0.1, 0.15) is 46.5 Å². The fraction of sp³-hybridized carbons (Fsp3) is 0.933. The van der Waals surface area contributed by atoms with Gasteiger partial charge in [-0.15, -0.1) is 0 Å². The number of carbonyl (C=O) groups is 1. The Morgan fingerprint density at radius 3 is 2.60 bits per heavy atom. The van der Waals surface area contributed by atoms with Crippen LogP contribution in [0.15, 0.2) is 0 Å². The number of halogens is 2. The Morgan fingerprint density at radius 1 is 1.45 bits per heavy atom. The van der Waals surface area contributed by atoms with Crippen LogP contribution >= 0.6 is 22.6 Å². The summed E-state index contributed by atoms with van der Waals surface area (Å²) in [6.07, 6.45) is 2.22. The predicted octanol–water partition coefficient (Wildman–Crippen LogP) is 3.30. The first-order valence-corrected chi connectivity index (χ1v) is 8.93. The van der Waals surface area contributed by atoms with E-state index >= 15 is 0 Å². The van der Waals surface area contributed by atoms with Gasteiger partial charge in [-0.25, -0.2) is 14.1 Å². The van der Waals surface area contributed by atoms with E-state index in [-0.39, 0.29) is 23.0 Å². The smallest absolute Gasteiger partial charge is 0.328 e. The molecule has 0 radical (unpaired) electrons. The molecular formula is C15H23FINO2. The highest BCUT2D eigenvalue weighted by atomic mass is 127. The summed E-state index contributed by atoms with van der Waals surface area (Å²) in [5.41, 5.74) is -0.629. The minimum absolute atomic E-state index is 0.178. The zero-order valence-corrected chi connectivity index (χ0v) is 14.6. The number of esters is 1. The minimum Gasteiger partial charge on any atom is -0.444 e. The molecule has 5 heteroatoms. The van der Waals surface area contributed by atoms with E-state index in [2.05, 4.69) is 43.4 Å². The lowest BCUT2D eigenvalue weighted by atomic mass is 9.83. The van der Waals surface area contributed by atoms with Gasteiger partial charge in [0.2, 0.25) is 0 Å². The molecule has 0 spiro atoms. The minimum atomic E-state index is -0.905. The lowest BCUT2D eigenvalue weighted by Gasteiger charge is -2.36. The normalized spacial score (nSPS) is 39.8. The first-order valence-electron chi connectivity index (χ1n) is 7.40. The second-order valence-electron chi connectivity index (χ2n) is 7.92. The lowest BCUT2D eigenvalue weighted by molar-refractivity contribution is -0.150. The van der Waals surface area contributed by atoms with Crippen LogP contribution in [0.4, 0.5) is 4.39 Å². The Bertz CT molecular complexity index is 432. The van der Waals surface area contributed by atoms with Crippen molar-refractivity contribution < 1.29 is 13.9 Å². The molecule has 114 valence electrons. The van der Waals surface area contributed by atoms with Crippen molar-refractivity contribution in [2.45, 2.75) is 64.4 Å². The number of hydrogen-bond acceptors (Lipinski definition) is 3. The molecule has 1 saturated carbocycles. The molecule has 0 aromatic rings.